The second kappa shape index (κ2) is 5.69. The highest BCUT2D eigenvalue weighted by Crippen LogP contribution is 2.13. The zero-order valence-electron chi connectivity index (χ0n) is 11.3. The van der Waals surface area contributed by atoms with Gasteiger partial charge in [-0.25, -0.2) is 9.78 Å². The summed E-state index contributed by atoms with van der Waals surface area (Å²) in [4.78, 5) is 15.8. The predicted molar refractivity (Wildman–Crippen MR) is 75.0 cm³/mol. The molecule has 2 rings (SSSR count). The molecule has 0 radical (unpaired) electrons. The molecule has 1 heterocycles. The Hall–Kier alpha value is -2.10. The van der Waals surface area contributed by atoms with E-state index in [1.54, 1.807) is 12.4 Å². The maximum Gasteiger partial charge on any atom is 0.327 e. The Morgan fingerprint density at radius 2 is 2.05 bits per heavy atom. The predicted octanol–water partition coefficient (Wildman–Crippen LogP) is 2.85. The summed E-state index contributed by atoms with van der Waals surface area (Å²) in [6, 6.07) is 10.1. The average molecular weight is 257 g/mol. The lowest BCUT2D eigenvalue weighted by Crippen LogP contribution is -2.45. The largest absolute Gasteiger partial charge is 0.332 e. The van der Waals surface area contributed by atoms with Crippen LogP contribution in [0.2, 0.25) is 0 Å². The third kappa shape index (κ3) is 3.95. The zero-order chi connectivity index (χ0) is 13.7. The second-order valence-corrected chi connectivity index (χ2v) is 5.27. The van der Waals surface area contributed by atoms with Gasteiger partial charge in [-0.3, -0.25) is 4.57 Å². The van der Waals surface area contributed by atoms with Crippen molar-refractivity contribution < 1.29 is 4.79 Å². The number of benzene rings is 1. The fraction of sp³-hybridized carbons (Fsp3) is 0.333. The van der Waals surface area contributed by atoms with Crippen molar-refractivity contribution in [3.63, 3.8) is 0 Å². The van der Waals surface area contributed by atoms with Crippen LogP contribution in [0.1, 0.15) is 25.8 Å². The van der Waals surface area contributed by atoms with Gasteiger partial charge in [0.2, 0.25) is 0 Å². The van der Waals surface area contributed by atoms with E-state index in [-0.39, 0.29) is 11.6 Å². The van der Waals surface area contributed by atoms with Crippen LogP contribution in [-0.4, -0.2) is 21.1 Å². The monoisotopic (exact) mass is 257 g/mol. The van der Waals surface area contributed by atoms with Crippen LogP contribution in [0.25, 0.3) is 0 Å². The maximum absolute atomic E-state index is 11.9. The molecule has 1 N–H and O–H groups in total. The van der Waals surface area contributed by atoms with E-state index < -0.39 is 0 Å². The van der Waals surface area contributed by atoms with Crippen molar-refractivity contribution in [2.24, 2.45) is 0 Å². The normalized spacial score (nSPS) is 11.3. The molecule has 2 aromatic rings. The molecule has 0 aliphatic heterocycles. The molecule has 0 atom stereocenters. The molecule has 1 aromatic heterocycles. The second-order valence-electron chi connectivity index (χ2n) is 5.27. The molecule has 1 amide bonds. The number of nitrogens with one attached hydrogen (secondary N) is 1. The van der Waals surface area contributed by atoms with Crippen molar-refractivity contribution in [1.82, 2.24) is 14.9 Å². The third-order valence-electron chi connectivity index (χ3n) is 3.07. The average Bonchev–Trinajstić information content (AvgIpc) is 2.91. The topological polar surface area (TPSA) is 46.9 Å². The van der Waals surface area contributed by atoms with Crippen LogP contribution in [-0.2, 0) is 6.42 Å². The number of rotatable bonds is 4. The van der Waals surface area contributed by atoms with Gasteiger partial charge in [0.15, 0.2) is 0 Å². The first-order chi connectivity index (χ1) is 9.07. The van der Waals surface area contributed by atoms with Gasteiger partial charge in [-0.1, -0.05) is 30.3 Å². The molecule has 0 fully saturated rings. The molecular formula is C15H19N3O. The Morgan fingerprint density at radius 1 is 1.32 bits per heavy atom. The van der Waals surface area contributed by atoms with Crippen molar-refractivity contribution in [3.05, 3.63) is 54.6 Å². The SMILES string of the molecule is CC(C)(CCc1ccccc1)NC(=O)n1ccnc1. The molecule has 0 bridgehead atoms. The molecule has 100 valence electrons. The van der Waals surface area contributed by atoms with Crippen molar-refractivity contribution in [1.29, 1.82) is 0 Å². The Labute approximate surface area is 113 Å². The lowest BCUT2D eigenvalue weighted by molar-refractivity contribution is 0.229. The third-order valence-corrected chi connectivity index (χ3v) is 3.07. The van der Waals surface area contributed by atoms with E-state index in [0.29, 0.717) is 0 Å². The van der Waals surface area contributed by atoms with Crippen molar-refractivity contribution in [2.45, 2.75) is 32.2 Å². The minimum Gasteiger partial charge on any atom is -0.332 e. The van der Waals surface area contributed by atoms with Gasteiger partial charge in [-0.05, 0) is 32.3 Å². The van der Waals surface area contributed by atoms with E-state index in [0.717, 1.165) is 12.8 Å². The fourth-order valence-corrected chi connectivity index (χ4v) is 1.90. The number of carbonyl (C=O) groups is 1. The van der Waals surface area contributed by atoms with Crippen molar-refractivity contribution in [3.8, 4) is 0 Å². The Morgan fingerprint density at radius 3 is 2.68 bits per heavy atom. The molecule has 19 heavy (non-hydrogen) atoms. The van der Waals surface area contributed by atoms with E-state index in [4.69, 9.17) is 0 Å². The van der Waals surface area contributed by atoms with Crippen LogP contribution in [0.5, 0.6) is 0 Å². The van der Waals surface area contributed by atoms with Crippen LogP contribution in [0.3, 0.4) is 0 Å². The Bertz CT molecular complexity index is 518. The summed E-state index contributed by atoms with van der Waals surface area (Å²) in [5.74, 6) is 0. The summed E-state index contributed by atoms with van der Waals surface area (Å²) in [6.45, 7) is 4.07. The first-order valence-electron chi connectivity index (χ1n) is 6.41. The molecule has 0 saturated heterocycles. The molecule has 0 aliphatic rings. The molecular weight excluding hydrogens is 238 g/mol. The molecule has 1 aromatic carbocycles. The number of amides is 1. The van der Waals surface area contributed by atoms with Gasteiger partial charge in [0.05, 0.1) is 0 Å². The zero-order valence-corrected chi connectivity index (χ0v) is 11.3. The number of nitrogens with zero attached hydrogens (tertiary/aromatic N) is 2. The highest BCUT2D eigenvalue weighted by Gasteiger charge is 2.20. The molecule has 0 saturated carbocycles. The summed E-state index contributed by atoms with van der Waals surface area (Å²) in [5.41, 5.74) is 1.03. The van der Waals surface area contributed by atoms with Crippen molar-refractivity contribution in [2.75, 3.05) is 0 Å². The number of hydrogen-bond donors (Lipinski definition) is 1. The number of aromatic nitrogens is 2. The standard InChI is InChI=1S/C15H19N3O/c1-15(2,9-8-13-6-4-3-5-7-13)17-14(19)18-11-10-16-12-18/h3-7,10-12H,8-9H2,1-2H3,(H,17,19). The minimum atomic E-state index is -0.253. The summed E-state index contributed by atoms with van der Waals surface area (Å²) < 4.78 is 1.45. The maximum atomic E-state index is 11.9. The van der Waals surface area contributed by atoms with Gasteiger partial charge < -0.3 is 5.32 Å². The van der Waals surface area contributed by atoms with Gasteiger partial charge in [-0.15, -0.1) is 0 Å². The van der Waals surface area contributed by atoms with Crippen molar-refractivity contribution >= 4 is 6.03 Å². The van der Waals surface area contributed by atoms with Gasteiger partial charge >= 0.3 is 6.03 Å². The van der Waals surface area contributed by atoms with Gasteiger partial charge in [-0.2, -0.15) is 0 Å². The van der Waals surface area contributed by atoms with E-state index in [2.05, 4.69) is 22.4 Å². The molecule has 4 nitrogen and oxygen atoms in total. The number of carbonyl (C=O) groups excluding carboxylic acids is 1. The van der Waals surface area contributed by atoms with Gasteiger partial charge in [0, 0.05) is 17.9 Å². The van der Waals surface area contributed by atoms with Crippen LogP contribution in [0, 0.1) is 0 Å². The van der Waals surface area contributed by atoms with Gasteiger partial charge in [0.1, 0.15) is 6.33 Å². The summed E-state index contributed by atoms with van der Waals surface area (Å²) in [7, 11) is 0. The Kier molecular flexibility index (Phi) is 4.00. The van der Waals surface area contributed by atoms with E-state index >= 15 is 0 Å². The summed E-state index contributed by atoms with van der Waals surface area (Å²) in [5, 5.41) is 3.01. The van der Waals surface area contributed by atoms with Crippen LogP contribution in [0.15, 0.2) is 49.1 Å². The molecule has 4 heteroatoms. The highest BCUT2D eigenvalue weighted by molar-refractivity contribution is 5.77. The quantitative estimate of drug-likeness (QED) is 0.915. The lowest BCUT2D eigenvalue weighted by Gasteiger charge is -2.26. The number of aryl methyl sites for hydroxylation is 1. The lowest BCUT2D eigenvalue weighted by atomic mass is 9.95. The highest BCUT2D eigenvalue weighted by atomic mass is 16.2. The van der Waals surface area contributed by atoms with Crippen LogP contribution < -0.4 is 5.32 Å². The van der Waals surface area contributed by atoms with Crippen LogP contribution >= 0.6 is 0 Å². The molecule has 0 spiro atoms. The summed E-state index contributed by atoms with van der Waals surface area (Å²) >= 11 is 0. The fourth-order valence-electron chi connectivity index (χ4n) is 1.90. The molecule has 0 unspecified atom stereocenters. The number of hydrogen-bond acceptors (Lipinski definition) is 2. The van der Waals surface area contributed by atoms with Gasteiger partial charge in [0.25, 0.3) is 0 Å². The van der Waals surface area contributed by atoms with Crippen LogP contribution in [0.4, 0.5) is 4.79 Å². The van der Waals surface area contributed by atoms with E-state index in [1.807, 2.05) is 32.0 Å². The van der Waals surface area contributed by atoms with E-state index in [1.165, 1.54) is 16.5 Å². The Balaban J connectivity index is 1.90. The first-order valence-corrected chi connectivity index (χ1v) is 6.41. The number of imidazole rings is 1. The molecule has 0 aliphatic carbocycles. The first kappa shape index (κ1) is 13.3. The minimum absolute atomic E-state index is 0.143. The van der Waals surface area contributed by atoms with E-state index in [9.17, 15) is 4.79 Å². The summed E-state index contributed by atoms with van der Waals surface area (Å²) in [6.07, 6.45) is 6.57. The smallest absolute Gasteiger partial charge is 0.327 e.